The molecule has 3 aromatic rings. The number of rotatable bonds is 10. The van der Waals surface area contributed by atoms with E-state index in [0.29, 0.717) is 5.75 Å². The molecule has 0 fully saturated rings. The molecule has 0 aliphatic rings. The molecular formula is C23H22O10. The summed E-state index contributed by atoms with van der Waals surface area (Å²) in [4.78, 5) is 35.3. The number of fused-ring (bicyclic) bond motifs is 1. The molecule has 0 amide bonds. The number of carboxylic acid groups (broad SMARTS) is 1. The van der Waals surface area contributed by atoms with Crippen molar-refractivity contribution in [1.29, 1.82) is 0 Å². The highest BCUT2D eigenvalue weighted by Gasteiger charge is 2.17. The van der Waals surface area contributed by atoms with Crippen LogP contribution in [-0.4, -0.2) is 55.2 Å². The highest BCUT2D eigenvalue weighted by molar-refractivity contribution is 5.92. The first kappa shape index (κ1) is 23.6. The molecule has 10 nitrogen and oxygen atoms in total. The number of hydrogen-bond donors (Lipinski definition) is 2. The van der Waals surface area contributed by atoms with Gasteiger partial charge in [0.15, 0.2) is 5.43 Å². The molecule has 0 spiro atoms. The highest BCUT2D eigenvalue weighted by atomic mass is 16.5. The number of carbonyl (C=O) groups is 2. The van der Waals surface area contributed by atoms with E-state index in [1.54, 1.807) is 6.92 Å². The van der Waals surface area contributed by atoms with Gasteiger partial charge in [0, 0.05) is 12.1 Å². The first-order valence-corrected chi connectivity index (χ1v) is 9.93. The van der Waals surface area contributed by atoms with Crippen molar-refractivity contribution < 1.29 is 43.2 Å². The summed E-state index contributed by atoms with van der Waals surface area (Å²) < 4.78 is 26.5. The highest BCUT2D eigenvalue weighted by Crippen LogP contribution is 2.26. The molecule has 0 saturated heterocycles. The van der Waals surface area contributed by atoms with Crippen molar-refractivity contribution >= 4 is 22.9 Å². The average Bonchev–Trinajstić information content (AvgIpc) is 2.80. The molecule has 2 N–H and O–H groups in total. The first-order valence-electron chi connectivity index (χ1n) is 9.93. The number of benzene rings is 2. The zero-order valence-electron chi connectivity index (χ0n) is 17.9. The van der Waals surface area contributed by atoms with Gasteiger partial charge in [0.25, 0.3) is 0 Å². The van der Waals surface area contributed by atoms with Crippen molar-refractivity contribution in [3.05, 3.63) is 64.0 Å². The van der Waals surface area contributed by atoms with Crippen LogP contribution in [0.5, 0.6) is 17.2 Å². The lowest BCUT2D eigenvalue weighted by molar-refractivity contribution is 0.0521. The zero-order chi connectivity index (χ0) is 24.0. The molecule has 10 heteroatoms. The van der Waals surface area contributed by atoms with Gasteiger partial charge in [-0.2, -0.15) is 0 Å². The predicted octanol–water partition coefficient (Wildman–Crippen LogP) is 2.50. The third-order valence-electron chi connectivity index (χ3n) is 4.47. The van der Waals surface area contributed by atoms with Gasteiger partial charge >= 0.3 is 11.9 Å². The van der Waals surface area contributed by atoms with E-state index in [9.17, 15) is 19.5 Å². The number of ether oxygens (including phenoxy) is 4. The molecule has 3 rings (SSSR count). The number of hydrogen-bond acceptors (Lipinski definition) is 9. The van der Waals surface area contributed by atoms with Crippen LogP contribution in [0.2, 0.25) is 0 Å². The van der Waals surface area contributed by atoms with E-state index in [0.717, 1.165) is 6.07 Å². The number of aliphatic hydroxyl groups is 1. The summed E-state index contributed by atoms with van der Waals surface area (Å²) in [5, 5.41) is 19.3. The van der Waals surface area contributed by atoms with Crippen LogP contribution in [0, 0.1) is 0 Å². The topological polar surface area (TPSA) is 142 Å². The molecule has 1 unspecified atom stereocenters. The fourth-order valence-corrected chi connectivity index (χ4v) is 2.97. The molecule has 1 aromatic heterocycles. The average molecular weight is 458 g/mol. The lowest BCUT2D eigenvalue weighted by atomic mass is 10.2. The van der Waals surface area contributed by atoms with E-state index in [1.165, 1.54) is 43.5 Å². The summed E-state index contributed by atoms with van der Waals surface area (Å²) in [6.45, 7) is 1.57. The van der Waals surface area contributed by atoms with Crippen LogP contribution in [0.15, 0.2) is 51.7 Å². The van der Waals surface area contributed by atoms with Crippen molar-refractivity contribution in [2.75, 3.05) is 26.9 Å². The molecule has 0 bridgehead atoms. The van der Waals surface area contributed by atoms with Crippen LogP contribution in [0.25, 0.3) is 11.0 Å². The van der Waals surface area contributed by atoms with Gasteiger partial charge < -0.3 is 33.6 Å². The van der Waals surface area contributed by atoms with E-state index in [2.05, 4.69) is 0 Å². The van der Waals surface area contributed by atoms with Crippen molar-refractivity contribution in [3.8, 4) is 17.2 Å². The van der Waals surface area contributed by atoms with Gasteiger partial charge in [-0.3, -0.25) is 4.79 Å². The molecule has 0 radical (unpaired) electrons. The Morgan fingerprint density at radius 2 is 1.82 bits per heavy atom. The van der Waals surface area contributed by atoms with Crippen LogP contribution in [0.3, 0.4) is 0 Å². The second-order valence-electron chi connectivity index (χ2n) is 6.77. The Kier molecular flexibility index (Phi) is 7.52. The molecule has 1 heterocycles. The Bertz CT molecular complexity index is 1210. The van der Waals surface area contributed by atoms with Crippen molar-refractivity contribution in [3.63, 3.8) is 0 Å². The Balaban J connectivity index is 1.65. The summed E-state index contributed by atoms with van der Waals surface area (Å²) >= 11 is 0. The van der Waals surface area contributed by atoms with Gasteiger partial charge in [0.2, 0.25) is 5.76 Å². The summed E-state index contributed by atoms with van der Waals surface area (Å²) in [7, 11) is 1.41. The SMILES string of the molecule is CCOC(=O)c1ccc(OCC(O)COc2cccc3oc(C(=O)O)cc(=O)c23)cc1OC. The van der Waals surface area contributed by atoms with Gasteiger partial charge in [-0.05, 0) is 31.2 Å². The van der Waals surface area contributed by atoms with E-state index in [4.69, 9.17) is 28.5 Å². The number of carbonyl (C=O) groups excluding carboxylic acids is 1. The van der Waals surface area contributed by atoms with Crippen molar-refractivity contribution in [2.24, 2.45) is 0 Å². The summed E-state index contributed by atoms with van der Waals surface area (Å²) in [5.41, 5.74) is -0.280. The molecule has 174 valence electrons. The predicted molar refractivity (Wildman–Crippen MR) is 115 cm³/mol. The summed E-state index contributed by atoms with van der Waals surface area (Å²) in [6, 6.07) is 9.88. The number of methoxy groups -OCH3 is 1. The normalized spacial score (nSPS) is 11.6. The molecule has 33 heavy (non-hydrogen) atoms. The molecule has 0 aliphatic heterocycles. The van der Waals surface area contributed by atoms with E-state index < -0.39 is 29.2 Å². The monoisotopic (exact) mass is 458 g/mol. The van der Waals surface area contributed by atoms with Gasteiger partial charge in [-0.25, -0.2) is 9.59 Å². The number of carboxylic acids is 1. The standard InChI is InChI=1S/C23H22O10/c1-3-30-23(28)15-8-7-14(9-19(15)29-2)31-11-13(24)12-32-17-5-4-6-18-21(17)16(25)10-20(33-18)22(26)27/h4-10,13,24H,3,11-12H2,1-2H3,(H,26,27). The van der Waals surface area contributed by atoms with Gasteiger partial charge in [0.1, 0.15) is 53.1 Å². The van der Waals surface area contributed by atoms with E-state index >= 15 is 0 Å². The molecule has 0 saturated carbocycles. The minimum Gasteiger partial charge on any atom is -0.496 e. The minimum atomic E-state index is -1.36. The molecule has 0 aliphatic carbocycles. The van der Waals surface area contributed by atoms with Crippen LogP contribution in [0.4, 0.5) is 0 Å². The molecular weight excluding hydrogens is 436 g/mol. The van der Waals surface area contributed by atoms with Gasteiger partial charge in [-0.15, -0.1) is 0 Å². The number of esters is 1. The minimum absolute atomic E-state index is 0.0527. The number of aliphatic hydroxyl groups excluding tert-OH is 1. The Hall–Kier alpha value is -4.05. The van der Waals surface area contributed by atoms with Crippen LogP contribution >= 0.6 is 0 Å². The second-order valence-corrected chi connectivity index (χ2v) is 6.77. The number of aromatic carboxylic acids is 1. The Morgan fingerprint density at radius 1 is 1.06 bits per heavy atom. The third kappa shape index (κ3) is 5.60. The first-order chi connectivity index (χ1) is 15.8. The van der Waals surface area contributed by atoms with Crippen LogP contribution in [0.1, 0.15) is 27.8 Å². The molecule has 1 atom stereocenters. The lowest BCUT2D eigenvalue weighted by Crippen LogP contribution is -2.25. The second kappa shape index (κ2) is 10.5. The summed E-state index contributed by atoms with van der Waals surface area (Å²) in [5.74, 6) is -1.62. The van der Waals surface area contributed by atoms with Gasteiger partial charge in [0.05, 0.1) is 13.7 Å². The van der Waals surface area contributed by atoms with Crippen LogP contribution in [-0.2, 0) is 4.74 Å². The largest absolute Gasteiger partial charge is 0.496 e. The maximum Gasteiger partial charge on any atom is 0.371 e. The lowest BCUT2D eigenvalue weighted by Gasteiger charge is -2.15. The molecule has 2 aromatic carbocycles. The van der Waals surface area contributed by atoms with Gasteiger partial charge in [-0.1, -0.05) is 6.07 Å². The quantitative estimate of drug-likeness (QED) is 0.435. The van der Waals surface area contributed by atoms with Crippen molar-refractivity contribution in [2.45, 2.75) is 13.0 Å². The van der Waals surface area contributed by atoms with Crippen molar-refractivity contribution in [1.82, 2.24) is 0 Å². The fourth-order valence-electron chi connectivity index (χ4n) is 2.97. The smallest absolute Gasteiger partial charge is 0.371 e. The van der Waals surface area contributed by atoms with E-state index in [1.807, 2.05) is 0 Å². The Morgan fingerprint density at radius 3 is 2.52 bits per heavy atom. The fraction of sp³-hybridized carbons (Fsp3) is 0.261. The zero-order valence-corrected chi connectivity index (χ0v) is 17.9. The Labute approximate surface area is 187 Å². The summed E-state index contributed by atoms with van der Waals surface area (Å²) in [6.07, 6.45) is -1.07. The third-order valence-corrected chi connectivity index (χ3v) is 4.47. The van der Waals surface area contributed by atoms with Crippen LogP contribution < -0.4 is 19.6 Å². The van der Waals surface area contributed by atoms with E-state index in [-0.39, 0.29) is 47.9 Å². The maximum absolute atomic E-state index is 12.3. The maximum atomic E-state index is 12.3.